The highest BCUT2D eigenvalue weighted by molar-refractivity contribution is 6.01. The molecule has 0 aromatic heterocycles. The van der Waals surface area contributed by atoms with Crippen molar-refractivity contribution in [1.82, 2.24) is 10.2 Å². The third kappa shape index (κ3) is 3.93. The Bertz CT molecular complexity index is 1010. The van der Waals surface area contributed by atoms with E-state index < -0.39 is 12.0 Å². The summed E-state index contributed by atoms with van der Waals surface area (Å²) in [5, 5.41) is 3.07. The maximum Gasteiger partial charge on any atom is 0.254 e. The van der Waals surface area contributed by atoms with Gasteiger partial charge in [0.25, 0.3) is 5.91 Å². The van der Waals surface area contributed by atoms with Crippen LogP contribution in [0.3, 0.4) is 0 Å². The van der Waals surface area contributed by atoms with Gasteiger partial charge in [0.2, 0.25) is 5.91 Å². The van der Waals surface area contributed by atoms with Crippen LogP contribution in [-0.2, 0) is 16.0 Å². The van der Waals surface area contributed by atoms with Crippen molar-refractivity contribution in [3.8, 4) is 11.5 Å². The lowest BCUT2D eigenvalue weighted by Gasteiger charge is -2.45. The number of benzene rings is 2. The van der Waals surface area contributed by atoms with Crippen LogP contribution >= 0.6 is 0 Å². The molecule has 2 aliphatic heterocycles. The third-order valence-electron chi connectivity index (χ3n) is 6.28. The maximum atomic E-state index is 13.5. The Labute approximate surface area is 188 Å². The number of carbonyl (C=O) groups excluding carboxylic acids is 2. The van der Waals surface area contributed by atoms with E-state index >= 15 is 0 Å². The smallest absolute Gasteiger partial charge is 0.254 e. The molecule has 2 atom stereocenters. The first-order chi connectivity index (χ1) is 15.6. The molecule has 0 aliphatic carbocycles. The summed E-state index contributed by atoms with van der Waals surface area (Å²) in [5.74, 6) is 0.619. The number of fused-ring (bicyclic) bond motifs is 4. The predicted molar refractivity (Wildman–Crippen MR) is 120 cm³/mol. The van der Waals surface area contributed by atoms with Crippen LogP contribution < -0.4 is 14.8 Å². The van der Waals surface area contributed by atoms with Gasteiger partial charge in [-0.3, -0.25) is 9.59 Å². The summed E-state index contributed by atoms with van der Waals surface area (Å²) in [5.41, 5.74) is 3.38. The molecule has 0 bridgehead atoms. The van der Waals surface area contributed by atoms with Gasteiger partial charge in [-0.2, -0.15) is 0 Å². The molecule has 2 unspecified atom stereocenters. The maximum absolute atomic E-state index is 13.5. The molecule has 0 fully saturated rings. The number of nitrogens with zero attached hydrogens (tertiary/aromatic N) is 1. The summed E-state index contributed by atoms with van der Waals surface area (Å²) in [6.45, 7) is 4.29. The largest absolute Gasteiger partial charge is 0.493 e. The zero-order chi connectivity index (χ0) is 22.7. The fourth-order valence-electron chi connectivity index (χ4n) is 4.78. The minimum absolute atomic E-state index is 0.0357. The molecule has 1 N–H and O–H groups in total. The highest BCUT2D eigenvalue weighted by Gasteiger charge is 2.46. The van der Waals surface area contributed by atoms with E-state index in [9.17, 15) is 9.59 Å². The molecule has 2 aromatic rings. The molecule has 0 spiro atoms. The van der Waals surface area contributed by atoms with Crippen LogP contribution in [-0.4, -0.2) is 57.2 Å². The van der Waals surface area contributed by atoms with Gasteiger partial charge in [-0.05, 0) is 54.7 Å². The second kappa shape index (κ2) is 9.61. The van der Waals surface area contributed by atoms with E-state index in [-0.39, 0.29) is 11.8 Å². The van der Waals surface area contributed by atoms with Crippen LogP contribution in [0.2, 0.25) is 0 Å². The van der Waals surface area contributed by atoms with E-state index in [1.807, 2.05) is 48.2 Å². The molecular weight excluding hydrogens is 408 g/mol. The lowest BCUT2D eigenvalue weighted by Crippen LogP contribution is -2.50. The second-order valence-corrected chi connectivity index (χ2v) is 8.01. The molecule has 0 radical (unpaired) electrons. The predicted octanol–water partition coefficient (Wildman–Crippen LogP) is 3.08. The Hall–Kier alpha value is -3.06. The summed E-state index contributed by atoms with van der Waals surface area (Å²) in [4.78, 5) is 28.7. The lowest BCUT2D eigenvalue weighted by molar-refractivity contribution is -0.124. The van der Waals surface area contributed by atoms with Crippen molar-refractivity contribution in [3.05, 3.63) is 58.7 Å². The van der Waals surface area contributed by atoms with Crippen molar-refractivity contribution >= 4 is 11.8 Å². The summed E-state index contributed by atoms with van der Waals surface area (Å²) < 4.78 is 16.4. The number of rotatable bonds is 8. The number of carbonyl (C=O) groups is 2. The van der Waals surface area contributed by atoms with Crippen LogP contribution in [0.15, 0.2) is 36.4 Å². The van der Waals surface area contributed by atoms with Gasteiger partial charge in [0, 0.05) is 31.9 Å². The standard InChI is InChI=1S/C25H30N2O5/c1-4-32-13-7-11-26-24(28)22-17-8-5-6-9-18(17)25(29)27-12-10-16-14-20(30-2)21(31-3)15-19(16)23(22)27/h5-6,8-9,14-15,22-23H,4,7,10-13H2,1-3H3,(H,26,28). The second-order valence-electron chi connectivity index (χ2n) is 8.01. The molecule has 32 heavy (non-hydrogen) atoms. The van der Waals surface area contributed by atoms with Crippen molar-refractivity contribution < 1.29 is 23.8 Å². The van der Waals surface area contributed by atoms with Gasteiger partial charge in [-0.25, -0.2) is 0 Å². The fraction of sp³-hybridized carbons (Fsp3) is 0.440. The Morgan fingerprint density at radius 3 is 2.62 bits per heavy atom. The van der Waals surface area contributed by atoms with E-state index in [1.165, 1.54) is 0 Å². The van der Waals surface area contributed by atoms with Gasteiger partial charge in [-0.15, -0.1) is 0 Å². The monoisotopic (exact) mass is 438 g/mol. The van der Waals surface area contributed by atoms with Crippen LogP contribution in [0.4, 0.5) is 0 Å². The van der Waals surface area contributed by atoms with Crippen LogP contribution in [0, 0.1) is 0 Å². The van der Waals surface area contributed by atoms with E-state index in [0.717, 1.165) is 23.1 Å². The molecule has 170 valence electrons. The van der Waals surface area contributed by atoms with Gasteiger partial charge < -0.3 is 24.4 Å². The first kappa shape index (κ1) is 22.1. The van der Waals surface area contributed by atoms with E-state index in [2.05, 4.69) is 5.32 Å². The molecular formula is C25H30N2O5. The van der Waals surface area contributed by atoms with E-state index in [4.69, 9.17) is 14.2 Å². The summed E-state index contributed by atoms with van der Waals surface area (Å²) in [6, 6.07) is 10.9. The summed E-state index contributed by atoms with van der Waals surface area (Å²) in [7, 11) is 3.20. The molecule has 2 aromatic carbocycles. The van der Waals surface area contributed by atoms with Gasteiger partial charge in [0.15, 0.2) is 11.5 Å². The number of methoxy groups -OCH3 is 2. The Morgan fingerprint density at radius 1 is 1.12 bits per heavy atom. The Kier molecular flexibility index (Phi) is 6.65. The number of hydrogen-bond donors (Lipinski definition) is 1. The van der Waals surface area contributed by atoms with Gasteiger partial charge in [-0.1, -0.05) is 18.2 Å². The van der Waals surface area contributed by atoms with Crippen molar-refractivity contribution in [1.29, 1.82) is 0 Å². The zero-order valence-corrected chi connectivity index (χ0v) is 18.8. The molecule has 7 heteroatoms. The summed E-state index contributed by atoms with van der Waals surface area (Å²) >= 11 is 0. The first-order valence-corrected chi connectivity index (χ1v) is 11.1. The topological polar surface area (TPSA) is 77.1 Å². The molecule has 2 heterocycles. The lowest BCUT2D eigenvalue weighted by atomic mass is 9.75. The minimum Gasteiger partial charge on any atom is -0.493 e. The highest BCUT2D eigenvalue weighted by Crippen LogP contribution is 2.48. The molecule has 2 amide bonds. The quantitative estimate of drug-likeness (QED) is 0.641. The highest BCUT2D eigenvalue weighted by atomic mass is 16.5. The summed E-state index contributed by atoms with van der Waals surface area (Å²) in [6.07, 6.45) is 1.44. The minimum atomic E-state index is -0.506. The van der Waals surface area contributed by atoms with Crippen molar-refractivity contribution in [3.63, 3.8) is 0 Å². The SMILES string of the molecule is CCOCCCNC(=O)C1c2ccccc2C(=O)N2CCc3cc(OC)c(OC)cc3C12. The Morgan fingerprint density at radius 2 is 1.88 bits per heavy atom. The molecule has 7 nitrogen and oxygen atoms in total. The van der Waals surface area contributed by atoms with Gasteiger partial charge in [0.1, 0.15) is 0 Å². The van der Waals surface area contributed by atoms with Crippen LogP contribution in [0.25, 0.3) is 0 Å². The molecule has 0 saturated heterocycles. The fourth-order valence-corrected chi connectivity index (χ4v) is 4.78. The van der Waals surface area contributed by atoms with Crippen molar-refractivity contribution in [2.45, 2.75) is 31.7 Å². The first-order valence-electron chi connectivity index (χ1n) is 11.1. The number of ether oxygens (including phenoxy) is 3. The van der Waals surface area contributed by atoms with Crippen molar-refractivity contribution in [2.75, 3.05) is 40.5 Å². The van der Waals surface area contributed by atoms with E-state index in [1.54, 1.807) is 14.2 Å². The third-order valence-corrected chi connectivity index (χ3v) is 6.28. The molecule has 0 saturated carbocycles. The van der Waals surface area contributed by atoms with Crippen molar-refractivity contribution in [2.24, 2.45) is 0 Å². The molecule has 2 aliphatic rings. The van der Waals surface area contributed by atoms with Gasteiger partial charge >= 0.3 is 0 Å². The number of hydrogen-bond acceptors (Lipinski definition) is 5. The molecule has 4 rings (SSSR count). The zero-order valence-electron chi connectivity index (χ0n) is 18.8. The van der Waals surface area contributed by atoms with E-state index in [0.29, 0.717) is 49.8 Å². The van der Waals surface area contributed by atoms with Gasteiger partial charge in [0.05, 0.1) is 26.2 Å². The average molecular weight is 439 g/mol. The number of nitrogens with one attached hydrogen (secondary N) is 1. The average Bonchev–Trinajstić information content (AvgIpc) is 2.83. The normalized spacial score (nSPS) is 19.0. The Balaban J connectivity index is 1.74. The van der Waals surface area contributed by atoms with Crippen LogP contribution in [0.5, 0.6) is 11.5 Å². The van der Waals surface area contributed by atoms with Crippen LogP contribution in [0.1, 0.15) is 52.4 Å². The number of amides is 2.